The Morgan fingerprint density at radius 3 is 2.70 bits per heavy atom. The second-order valence-corrected chi connectivity index (χ2v) is 8.35. The Morgan fingerprint density at radius 2 is 2.00 bits per heavy atom. The van der Waals surface area contributed by atoms with Gasteiger partial charge in [0, 0.05) is 44.6 Å². The predicted octanol–water partition coefficient (Wildman–Crippen LogP) is 2.16. The molecular formula is C18H30N4O. The van der Waals surface area contributed by atoms with Crippen LogP contribution in [0.1, 0.15) is 46.5 Å². The summed E-state index contributed by atoms with van der Waals surface area (Å²) in [7, 11) is 1.79. The molecule has 0 bridgehead atoms. The first-order valence-electron chi connectivity index (χ1n) is 8.87. The van der Waals surface area contributed by atoms with Crippen LogP contribution in [0.3, 0.4) is 0 Å². The lowest BCUT2D eigenvalue weighted by atomic mass is 9.66. The zero-order valence-corrected chi connectivity index (χ0v) is 14.9. The van der Waals surface area contributed by atoms with E-state index in [1.54, 1.807) is 24.0 Å². The number of nitrogens with one attached hydrogen (secondary N) is 1. The molecule has 128 valence electrons. The Kier molecular flexibility index (Phi) is 4.50. The van der Waals surface area contributed by atoms with Crippen LogP contribution in [0.5, 0.6) is 0 Å². The van der Waals surface area contributed by atoms with Crippen LogP contribution < -0.4 is 15.8 Å². The SMILES string of the molecule is Cn1ccnc(N2CCCC(NC3CC(C(C)(C)C)C3)C2)c1=O. The average Bonchev–Trinajstić information content (AvgIpc) is 2.44. The highest BCUT2D eigenvalue weighted by atomic mass is 16.1. The van der Waals surface area contributed by atoms with Crippen molar-refractivity contribution in [2.24, 2.45) is 18.4 Å². The molecule has 23 heavy (non-hydrogen) atoms. The predicted molar refractivity (Wildman–Crippen MR) is 93.8 cm³/mol. The Hall–Kier alpha value is -1.36. The fourth-order valence-corrected chi connectivity index (χ4v) is 3.80. The molecule has 2 aliphatic rings. The van der Waals surface area contributed by atoms with E-state index in [2.05, 4.69) is 36.0 Å². The van der Waals surface area contributed by atoms with Crippen LogP contribution in [-0.4, -0.2) is 34.7 Å². The fraction of sp³-hybridized carbons (Fsp3) is 0.778. The third kappa shape index (κ3) is 3.60. The smallest absolute Gasteiger partial charge is 0.293 e. The lowest BCUT2D eigenvalue weighted by molar-refractivity contribution is 0.0903. The number of aromatic nitrogens is 2. The summed E-state index contributed by atoms with van der Waals surface area (Å²) < 4.78 is 1.61. The molecule has 1 aliphatic carbocycles. The highest BCUT2D eigenvalue weighted by Crippen LogP contribution is 2.41. The number of nitrogens with zero attached hydrogens (tertiary/aromatic N) is 3. The van der Waals surface area contributed by atoms with Gasteiger partial charge in [-0.05, 0) is 37.0 Å². The summed E-state index contributed by atoms with van der Waals surface area (Å²) >= 11 is 0. The molecule has 1 aliphatic heterocycles. The molecule has 3 rings (SSSR count). The summed E-state index contributed by atoms with van der Waals surface area (Å²) in [6, 6.07) is 1.12. The van der Waals surface area contributed by atoms with E-state index in [9.17, 15) is 4.79 Å². The number of anilines is 1. The first-order valence-corrected chi connectivity index (χ1v) is 8.87. The summed E-state index contributed by atoms with van der Waals surface area (Å²) in [4.78, 5) is 18.7. The quantitative estimate of drug-likeness (QED) is 0.928. The molecule has 2 heterocycles. The molecule has 1 aromatic heterocycles. The Labute approximate surface area is 139 Å². The topological polar surface area (TPSA) is 50.2 Å². The van der Waals surface area contributed by atoms with Gasteiger partial charge in [0.25, 0.3) is 5.56 Å². The van der Waals surface area contributed by atoms with Crippen LogP contribution in [0.15, 0.2) is 17.2 Å². The highest BCUT2D eigenvalue weighted by Gasteiger charge is 2.38. The lowest BCUT2D eigenvalue weighted by Crippen LogP contribution is -2.55. The maximum Gasteiger partial charge on any atom is 0.293 e. The van der Waals surface area contributed by atoms with Gasteiger partial charge in [0.2, 0.25) is 0 Å². The molecule has 1 saturated carbocycles. The second kappa shape index (κ2) is 6.27. The lowest BCUT2D eigenvalue weighted by Gasteiger charge is -2.46. The summed E-state index contributed by atoms with van der Waals surface area (Å²) in [5.74, 6) is 1.44. The van der Waals surface area contributed by atoms with Gasteiger partial charge < -0.3 is 14.8 Å². The van der Waals surface area contributed by atoms with Crippen molar-refractivity contribution in [2.45, 2.75) is 58.5 Å². The number of hydrogen-bond donors (Lipinski definition) is 1. The zero-order chi connectivity index (χ0) is 16.6. The maximum absolute atomic E-state index is 12.3. The van der Waals surface area contributed by atoms with E-state index in [4.69, 9.17) is 0 Å². The van der Waals surface area contributed by atoms with Crippen molar-refractivity contribution in [3.05, 3.63) is 22.7 Å². The second-order valence-electron chi connectivity index (χ2n) is 8.35. The van der Waals surface area contributed by atoms with E-state index in [0.717, 1.165) is 25.4 Å². The van der Waals surface area contributed by atoms with Crippen molar-refractivity contribution in [3.8, 4) is 0 Å². The van der Waals surface area contributed by atoms with Crippen LogP contribution in [0.25, 0.3) is 0 Å². The molecule has 5 nitrogen and oxygen atoms in total. The summed E-state index contributed by atoms with van der Waals surface area (Å²) in [5, 5.41) is 3.81. The van der Waals surface area contributed by atoms with Crippen LogP contribution in [0.4, 0.5) is 5.82 Å². The zero-order valence-electron chi connectivity index (χ0n) is 14.9. The van der Waals surface area contributed by atoms with Crippen molar-refractivity contribution in [1.29, 1.82) is 0 Å². The molecule has 5 heteroatoms. The van der Waals surface area contributed by atoms with Gasteiger partial charge in [0.05, 0.1) is 0 Å². The van der Waals surface area contributed by atoms with Gasteiger partial charge in [0.1, 0.15) is 0 Å². The van der Waals surface area contributed by atoms with Gasteiger partial charge in [-0.25, -0.2) is 4.98 Å². The molecule has 1 atom stereocenters. The Bertz CT molecular complexity index is 598. The molecule has 0 spiro atoms. The van der Waals surface area contributed by atoms with E-state index in [0.29, 0.717) is 23.3 Å². The number of aryl methyl sites for hydroxylation is 1. The van der Waals surface area contributed by atoms with E-state index in [1.165, 1.54) is 19.3 Å². The van der Waals surface area contributed by atoms with E-state index in [1.807, 2.05) is 0 Å². The molecule has 0 aromatic carbocycles. The third-order valence-electron chi connectivity index (χ3n) is 5.55. The van der Waals surface area contributed by atoms with Crippen molar-refractivity contribution in [3.63, 3.8) is 0 Å². The largest absolute Gasteiger partial charge is 0.350 e. The number of rotatable bonds is 3. The van der Waals surface area contributed by atoms with Crippen molar-refractivity contribution >= 4 is 5.82 Å². The molecular weight excluding hydrogens is 288 g/mol. The monoisotopic (exact) mass is 318 g/mol. The Balaban J connectivity index is 1.57. The third-order valence-corrected chi connectivity index (χ3v) is 5.55. The first kappa shape index (κ1) is 16.5. The van der Waals surface area contributed by atoms with Gasteiger partial charge in [-0.1, -0.05) is 20.8 Å². The van der Waals surface area contributed by atoms with Gasteiger partial charge in [-0.2, -0.15) is 0 Å². The van der Waals surface area contributed by atoms with E-state index >= 15 is 0 Å². The molecule has 1 unspecified atom stereocenters. The number of hydrogen-bond acceptors (Lipinski definition) is 4. The van der Waals surface area contributed by atoms with Gasteiger partial charge in [-0.3, -0.25) is 4.79 Å². The van der Waals surface area contributed by atoms with Gasteiger partial charge in [0.15, 0.2) is 5.82 Å². The summed E-state index contributed by atoms with van der Waals surface area (Å²) in [6.45, 7) is 8.84. The highest BCUT2D eigenvalue weighted by molar-refractivity contribution is 5.36. The molecule has 0 amide bonds. The molecule has 1 saturated heterocycles. The minimum Gasteiger partial charge on any atom is -0.350 e. The van der Waals surface area contributed by atoms with Gasteiger partial charge >= 0.3 is 0 Å². The minimum absolute atomic E-state index is 0.00425. The van der Waals surface area contributed by atoms with Crippen molar-refractivity contribution in [1.82, 2.24) is 14.9 Å². The maximum atomic E-state index is 12.3. The van der Waals surface area contributed by atoms with Crippen LogP contribution in [0.2, 0.25) is 0 Å². The van der Waals surface area contributed by atoms with E-state index < -0.39 is 0 Å². The standard InChI is InChI=1S/C18H30N4O/c1-18(2,3)13-10-15(11-13)20-14-6-5-8-22(12-14)16-17(23)21(4)9-7-19-16/h7,9,13-15,20H,5-6,8,10-12H2,1-4H3. The van der Waals surface area contributed by atoms with Crippen molar-refractivity contribution < 1.29 is 0 Å². The van der Waals surface area contributed by atoms with Crippen molar-refractivity contribution in [2.75, 3.05) is 18.0 Å². The number of piperidine rings is 1. The van der Waals surface area contributed by atoms with Crippen LogP contribution in [0, 0.1) is 11.3 Å². The summed E-state index contributed by atoms with van der Waals surface area (Å²) in [5.41, 5.74) is 0.432. The summed E-state index contributed by atoms with van der Waals surface area (Å²) in [6.07, 6.45) is 8.31. The fourth-order valence-electron chi connectivity index (χ4n) is 3.80. The first-order chi connectivity index (χ1) is 10.8. The van der Waals surface area contributed by atoms with E-state index in [-0.39, 0.29) is 5.56 Å². The van der Waals surface area contributed by atoms with Crippen LogP contribution in [-0.2, 0) is 7.05 Å². The molecule has 1 aromatic rings. The van der Waals surface area contributed by atoms with Gasteiger partial charge in [-0.15, -0.1) is 0 Å². The molecule has 2 fully saturated rings. The minimum atomic E-state index is 0.00425. The normalized spacial score (nSPS) is 28.5. The molecule has 1 N–H and O–H groups in total. The average molecular weight is 318 g/mol. The van der Waals surface area contributed by atoms with Crippen LogP contribution >= 0.6 is 0 Å². The molecule has 0 radical (unpaired) electrons. The Morgan fingerprint density at radius 1 is 1.26 bits per heavy atom.